The van der Waals surface area contributed by atoms with Crippen molar-refractivity contribution in [2.24, 2.45) is 7.05 Å². The zero-order chi connectivity index (χ0) is 21.3. The number of hydrogen-bond donors (Lipinski definition) is 0. The number of anilines is 1. The van der Waals surface area contributed by atoms with Gasteiger partial charge in [0.25, 0.3) is 5.91 Å². The summed E-state index contributed by atoms with van der Waals surface area (Å²) in [6.45, 7) is 7.27. The molecule has 2 aliphatic rings. The number of benzene rings is 1. The van der Waals surface area contributed by atoms with Crippen molar-refractivity contribution < 1.29 is 9.53 Å². The number of fused-ring (bicyclic) bond motifs is 1. The Labute approximate surface area is 183 Å². The fourth-order valence-corrected chi connectivity index (χ4v) is 5.04. The average Bonchev–Trinajstić information content (AvgIpc) is 3.08. The van der Waals surface area contributed by atoms with Crippen LogP contribution in [0.4, 0.5) is 5.69 Å². The monoisotopic (exact) mass is 430 g/mol. The Morgan fingerprint density at radius 2 is 1.93 bits per heavy atom. The molecule has 3 heterocycles. The summed E-state index contributed by atoms with van der Waals surface area (Å²) in [6.07, 6.45) is 2.78. The summed E-state index contributed by atoms with van der Waals surface area (Å²) in [5, 5.41) is 0.767. The average molecular weight is 431 g/mol. The highest BCUT2D eigenvalue weighted by Crippen LogP contribution is 2.33. The van der Waals surface area contributed by atoms with Crippen LogP contribution in [0.1, 0.15) is 35.5 Å². The molecule has 2 aliphatic heterocycles. The van der Waals surface area contributed by atoms with Crippen LogP contribution < -0.4 is 4.90 Å². The quantitative estimate of drug-likeness (QED) is 0.728. The molecule has 30 heavy (non-hydrogen) atoms. The van der Waals surface area contributed by atoms with Crippen molar-refractivity contribution in [1.82, 2.24) is 14.4 Å². The zero-order valence-electron chi connectivity index (χ0n) is 18.1. The van der Waals surface area contributed by atoms with E-state index in [1.165, 1.54) is 5.69 Å². The van der Waals surface area contributed by atoms with Crippen molar-refractivity contribution >= 4 is 23.2 Å². The summed E-state index contributed by atoms with van der Waals surface area (Å²) in [6, 6.07) is 10.1. The van der Waals surface area contributed by atoms with Crippen molar-refractivity contribution in [3.63, 3.8) is 0 Å². The van der Waals surface area contributed by atoms with Gasteiger partial charge in [-0.2, -0.15) is 0 Å². The van der Waals surface area contributed by atoms with E-state index in [0.29, 0.717) is 6.54 Å². The van der Waals surface area contributed by atoms with E-state index in [2.05, 4.69) is 22.8 Å². The molecule has 0 bridgehead atoms. The normalized spacial score (nSPS) is 22.9. The molecule has 4 rings (SSSR count). The van der Waals surface area contributed by atoms with Crippen LogP contribution in [-0.4, -0.2) is 72.7 Å². The van der Waals surface area contributed by atoms with E-state index in [9.17, 15) is 4.79 Å². The highest BCUT2D eigenvalue weighted by Gasteiger charge is 2.40. The van der Waals surface area contributed by atoms with Gasteiger partial charge in [-0.3, -0.25) is 9.69 Å². The predicted octanol–water partition coefficient (Wildman–Crippen LogP) is 3.42. The van der Waals surface area contributed by atoms with Crippen LogP contribution in [0.25, 0.3) is 0 Å². The van der Waals surface area contributed by atoms with Crippen molar-refractivity contribution in [2.45, 2.75) is 25.5 Å². The zero-order valence-corrected chi connectivity index (χ0v) is 18.8. The van der Waals surface area contributed by atoms with E-state index in [0.717, 1.165) is 55.4 Å². The third-order valence-corrected chi connectivity index (χ3v) is 6.60. The van der Waals surface area contributed by atoms with Gasteiger partial charge in [0.05, 0.1) is 17.3 Å². The van der Waals surface area contributed by atoms with E-state index < -0.39 is 0 Å². The molecule has 7 heteroatoms. The number of rotatable bonds is 5. The van der Waals surface area contributed by atoms with E-state index in [1.807, 2.05) is 47.0 Å². The summed E-state index contributed by atoms with van der Waals surface area (Å²) in [4.78, 5) is 20.1. The minimum Gasteiger partial charge on any atom is -0.373 e. The van der Waals surface area contributed by atoms with E-state index in [1.54, 1.807) is 7.11 Å². The van der Waals surface area contributed by atoms with Crippen molar-refractivity contribution in [2.75, 3.05) is 51.3 Å². The lowest BCUT2D eigenvalue weighted by molar-refractivity contribution is -0.00306. The maximum absolute atomic E-state index is 13.2. The number of hydrogen-bond acceptors (Lipinski definition) is 4. The van der Waals surface area contributed by atoms with Crippen LogP contribution in [0.3, 0.4) is 0 Å². The number of piperazine rings is 1. The first-order valence-electron chi connectivity index (χ1n) is 10.7. The van der Waals surface area contributed by atoms with Gasteiger partial charge in [-0.15, -0.1) is 0 Å². The second-order valence-corrected chi connectivity index (χ2v) is 8.64. The topological polar surface area (TPSA) is 41.0 Å². The van der Waals surface area contributed by atoms with Crippen LogP contribution in [0.2, 0.25) is 5.02 Å². The third-order valence-electron chi connectivity index (χ3n) is 6.37. The Bertz CT molecular complexity index is 891. The molecule has 2 unspecified atom stereocenters. The molecular weight excluding hydrogens is 400 g/mol. The van der Waals surface area contributed by atoms with Crippen molar-refractivity contribution in [3.05, 3.63) is 52.8 Å². The van der Waals surface area contributed by atoms with Gasteiger partial charge in [0.2, 0.25) is 0 Å². The number of amides is 1. The molecule has 162 valence electrons. The first-order chi connectivity index (χ1) is 14.5. The molecule has 0 spiro atoms. The fraction of sp³-hybridized carbons (Fsp3) is 0.522. The van der Waals surface area contributed by atoms with E-state index in [-0.39, 0.29) is 18.1 Å². The third kappa shape index (κ3) is 3.96. The van der Waals surface area contributed by atoms with E-state index >= 15 is 0 Å². The Kier molecular flexibility index (Phi) is 6.37. The summed E-state index contributed by atoms with van der Waals surface area (Å²) in [5.74, 6) is 0.120. The molecule has 1 aromatic carbocycles. The van der Waals surface area contributed by atoms with E-state index in [4.69, 9.17) is 16.3 Å². The predicted molar refractivity (Wildman–Crippen MR) is 120 cm³/mol. The second-order valence-electron chi connectivity index (χ2n) is 8.20. The first-order valence-corrected chi connectivity index (χ1v) is 11.1. The molecular formula is C23H31ClN4O2. The molecule has 2 aromatic rings. The smallest absolute Gasteiger partial charge is 0.255 e. The van der Waals surface area contributed by atoms with Crippen LogP contribution in [-0.2, 0) is 11.8 Å². The van der Waals surface area contributed by atoms with Gasteiger partial charge < -0.3 is 19.1 Å². The maximum atomic E-state index is 13.2. The highest BCUT2D eigenvalue weighted by atomic mass is 35.5. The molecule has 1 fully saturated rings. The number of carbonyl (C=O) groups excluding carboxylic acids is 1. The molecule has 0 aliphatic carbocycles. The Morgan fingerprint density at radius 3 is 2.60 bits per heavy atom. The fourth-order valence-electron chi connectivity index (χ4n) is 4.86. The molecule has 1 saturated heterocycles. The Balaban J connectivity index is 1.58. The van der Waals surface area contributed by atoms with Crippen LogP contribution in [0, 0.1) is 0 Å². The van der Waals surface area contributed by atoms with Gasteiger partial charge >= 0.3 is 0 Å². The maximum Gasteiger partial charge on any atom is 0.255 e. The van der Waals surface area contributed by atoms with Gasteiger partial charge in [0.15, 0.2) is 0 Å². The van der Waals surface area contributed by atoms with Gasteiger partial charge in [-0.05, 0) is 30.7 Å². The summed E-state index contributed by atoms with van der Waals surface area (Å²) in [7, 11) is 3.76. The first kappa shape index (κ1) is 21.2. The molecule has 1 aromatic heterocycles. The van der Waals surface area contributed by atoms with Gasteiger partial charge in [-0.1, -0.05) is 24.6 Å². The lowest BCUT2D eigenvalue weighted by atomic mass is 10.0. The number of halogens is 1. The number of aryl methyl sites for hydroxylation is 1. The molecule has 2 atom stereocenters. The molecule has 0 radical (unpaired) electrons. The molecule has 1 amide bonds. The van der Waals surface area contributed by atoms with Crippen LogP contribution >= 0.6 is 11.6 Å². The van der Waals surface area contributed by atoms with Gasteiger partial charge in [0, 0.05) is 70.3 Å². The molecule has 0 N–H and O–H groups in total. The number of carbonyl (C=O) groups is 1. The van der Waals surface area contributed by atoms with Gasteiger partial charge in [0.1, 0.15) is 6.10 Å². The van der Waals surface area contributed by atoms with Crippen molar-refractivity contribution in [3.8, 4) is 0 Å². The summed E-state index contributed by atoms with van der Waals surface area (Å²) >= 11 is 6.19. The summed E-state index contributed by atoms with van der Waals surface area (Å²) < 4.78 is 8.08. The number of ether oxygens (including phenoxy) is 1. The number of nitrogens with zero attached hydrogens (tertiary/aromatic N) is 4. The number of methoxy groups -OCH3 is 1. The summed E-state index contributed by atoms with van der Waals surface area (Å²) in [5.41, 5.74) is 2.93. The second kappa shape index (κ2) is 9.00. The van der Waals surface area contributed by atoms with Crippen LogP contribution in [0.15, 0.2) is 36.5 Å². The Hall–Kier alpha value is -2.02. The Morgan fingerprint density at radius 1 is 1.17 bits per heavy atom. The van der Waals surface area contributed by atoms with Crippen molar-refractivity contribution in [1.29, 1.82) is 0 Å². The molecule has 6 nitrogen and oxygen atoms in total. The standard InChI is InChI=1S/C23H31ClN4O2/c1-4-9-28-16-20(22(30-3)21-19(23(28)29)8-10-25(21)2)27-13-11-26(12-14-27)18-7-5-6-17(24)15-18/h5-8,10,15,20,22H,4,9,11-14,16H2,1-3H3. The highest BCUT2D eigenvalue weighted by molar-refractivity contribution is 6.30. The largest absolute Gasteiger partial charge is 0.373 e. The minimum absolute atomic E-state index is 0.120. The van der Waals surface area contributed by atoms with Crippen LogP contribution in [0.5, 0.6) is 0 Å². The van der Waals surface area contributed by atoms with Gasteiger partial charge in [-0.25, -0.2) is 0 Å². The molecule has 0 saturated carbocycles. The SMILES string of the molecule is CCCN1CC(N2CCN(c3cccc(Cl)c3)CC2)C(OC)c2c(ccn2C)C1=O. The lowest BCUT2D eigenvalue weighted by Crippen LogP contribution is -2.55. The lowest BCUT2D eigenvalue weighted by Gasteiger charge is -2.43. The number of aromatic nitrogens is 1. The minimum atomic E-state index is -0.136.